The topological polar surface area (TPSA) is 97.7 Å². The van der Waals surface area contributed by atoms with Gasteiger partial charge in [0.05, 0.1) is 32.3 Å². The van der Waals surface area contributed by atoms with Gasteiger partial charge in [-0.25, -0.2) is 0 Å². The minimum Gasteiger partial charge on any atom is -0.378 e. The number of amides is 1. The van der Waals surface area contributed by atoms with Crippen LogP contribution in [0.25, 0.3) is 0 Å². The van der Waals surface area contributed by atoms with Crippen LogP contribution in [0, 0.1) is 0 Å². The Morgan fingerprint density at radius 2 is 2.04 bits per heavy atom. The molecule has 130 valence electrons. The fourth-order valence-corrected chi connectivity index (χ4v) is 3.07. The van der Waals surface area contributed by atoms with E-state index in [0.29, 0.717) is 44.6 Å². The fourth-order valence-electron chi connectivity index (χ4n) is 3.07. The largest absolute Gasteiger partial charge is 0.378 e. The van der Waals surface area contributed by atoms with Crippen molar-refractivity contribution in [2.24, 2.45) is 5.73 Å². The van der Waals surface area contributed by atoms with Crippen LogP contribution in [0.15, 0.2) is 4.52 Å². The highest BCUT2D eigenvalue weighted by molar-refractivity contribution is 5.85. The minimum atomic E-state index is -0.0910. The first-order chi connectivity index (χ1) is 10.8. The molecule has 8 nitrogen and oxygen atoms in total. The van der Waals surface area contributed by atoms with Crippen molar-refractivity contribution in [2.45, 2.75) is 38.4 Å². The molecule has 2 fully saturated rings. The highest BCUT2D eigenvalue weighted by Crippen LogP contribution is 2.21. The number of hydrogen-bond donors (Lipinski definition) is 1. The molecule has 0 aromatic carbocycles. The first kappa shape index (κ1) is 18.1. The van der Waals surface area contributed by atoms with Crippen molar-refractivity contribution in [3.8, 4) is 0 Å². The molecule has 1 amide bonds. The molecule has 1 atom stereocenters. The Bertz CT molecular complexity index is 506. The summed E-state index contributed by atoms with van der Waals surface area (Å²) in [7, 11) is 0. The molecular formula is C14H24ClN5O3. The maximum absolute atomic E-state index is 12.8. The predicted molar refractivity (Wildman–Crippen MR) is 84.9 cm³/mol. The normalized spacial score (nSPS) is 22.7. The number of rotatable bonds is 4. The summed E-state index contributed by atoms with van der Waals surface area (Å²) in [4.78, 5) is 21.1. The van der Waals surface area contributed by atoms with Crippen LogP contribution in [0.4, 0.5) is 0 Å². The smallest absolute Gasteiger partial charge is 0.240 e. The first-order valence-corrected chi connectivity index (χ1v) is 7.90. The number of halogens is 1. The maximum atomic E-state index is 12.8. The standard InChI is InChI=1S/C14H23N5O3.ClH/c15-9-13-16-12(17-22-13)10-19-4-2-1-3-11(19)14(20)18-5-7-21-8-6-18;/h11H,1-10,15H2;1H. The van der Waals surface area contributed by atoms with Crippen molar-refractivity contribution in [1.29, 1.82) is 0 Å². The molecule has 9 heteroatoms. The number of piperidine rings is 1. The molecule has 2 saturated heterocycles. The number of nitrogens with zero attached hydrogens (tertiary/aromatic N) is 4. The van der Waals surface area contributed by atoms with Crippen molar-refractivity contribution in [1.82, 2.24) is 19.9 Å². The number of hydrogen-bond acceptors (Lipinski definition) is 7. The van der Waals surface area contributed by atoms with E-state index in [1.807, 2.05) is 4.90 Å². The highest BCUT2D eigenvalue weighted by atomic mass is 35.5. The molecule has 0 radical (unpaired) electrons. The average Bonchev–Trinajstić information content (AvgIpc) is 3.03. The number of morpholine rings is 1. The second kappa shape index (κ2) is 8.58. The quantitative estimate of drug-likeness (QED) is 0.830. The predicted octanol–water partition coefficient (Wildman–Crippen LogP) is 0.163. The highest BCUT2D eigenvalue weighted by Gasteiger charge is 2.33. The Morgan fingerprint density at radius 3 is 2.74 bits per heavy atom. The Hall–Kier alpha value is -1.22. The van der Waals surface area contributed by atoms with E-state index in [-0.39, 0.29) is 30.9 Å². The summed E-state index contributed by atoms with van der Waals surface area (Å²) < 4.78 is 10.4. The zero-order chi connectivity index (χ0) is 15.4. The van der Waals surface area contributed by atoms with E-state index >= 15 is 0 Å². The Labute approximate surface area is 141 Å². The van der Waals surface area contributed by atoms with Crippen LogP contribution in [0.1, 0.15) is 31.0 Å². The molecule has 2 N–H and O–H groups in total. The van der Waals surface area contributed by atoms with Crippen LogP contribution in [0.2, 0.25) is 0 Å². The summed E-state index contributed by atoms with van der Waals surface area (Å²) in [6, 6.07) is -0.0910. The maximum Gasteiger partial charge on any atom is 0.240 e. The van der Waals surface area contributed by atoms with Gasteiger partial charge in [0.2, 0.25) is 11.8 Å². The van der Waals surface area contributed by atoms with Gasteiger partial charge in [0.15, 0.2) is 5.82 Å². The van der Waals surface area contributed by atoms with Crippen molar-refractivity contribution >= 4 is 18.3 Å². The third kappa shape index (κ3) is 4.41. The Kier molecular flexibility index (Phi) is 6.76. The van der Waals surface area contributed by atoms with Gasteiger partial charge in [-0.3, -0.25) is 9.69 Å². The van der Waals surface area contributed by atoms with Gasteiger partial charge in [-0.15, -0.1) is 12.4 Å². The summed E-state index contributed by atoms with van der Waals surface area (Å²) in [5, 5.41) is 3.93. The molecule has 2 aliphatic rings. The molecule has 1 aromatic heterocycles. The first-order valence-electron chi connectivity index (χ1n) is 7.90. The number of aromatic nitrogens is 2. The van der Waals surface area contributed by atoms with Crippen molar-refractivity contribution in [3.05, 3.63) is 11.7 Å². The zero-order valence-corrected chi connectivity index (χ0v) is 14.0. The monoisotopic (exact) mass is 345 g/mol. The van der Waals surface area contributed by atoms with E-state index in [4.69, 9.17) is 15.0 Å². The van der Waals surface area contributed by atoms with Gasteiger partial charge in [0, 0.05) is 13.1 Å². The lowest BCUT2D eigenvalue weighted by Gasteiger charge is -2.38. The average molecular weight is 346 g/mol. The molecule has 0 saturated carbocycles. The summed E-state index contributed by atoms with van der Waals surface area (Å²) >= 11 is 0. The third-order valence-electron chi connectivity index (χ3n) is 4.25. The van der Waals surface area contributed by atoms with Crippen molar-refractivity contribution in [2.75, 3.05) is 32.8 Å². The van der Waals surface area contributed by atoms with Crippen LogP contribution in [0.5, 0.6) is 0 Å². The second-order valence-electron chi connectivity index (χ2n) is 5.73. The van der Waals surface area contributed by atoms with Gasteiger partial charge in [-0.2, -0.15) is 4.98 Å². The van der Waals surface area contributed by atoms with Crippen LogP contribution >= 0.6 is 12.4 Å². The number of ether oxygens (including phenoxy) is 1. The minimum absolute atomic E-state index is 0. The summed E-state index contributed by atoms with van der Waals surface area (Å²) in [6.45, 7) is 4.28. The van der Waals surface area contributed by atoms with Gasteiger partial charge in [-0.1, -0.05) is 11.6 Å². The van der Waals surface area contributed by atoms with Crippen molar-refractivity contribution in [3.63, 3.8) is 0 Å². The molecule has 3 heterocycles. The second-order valence-corrected chi connectivity index (χ2v) is 5.73. The molecule has 2 aliphatic heterocycles. The molecule has 0 spiro atoms. The molecule has 1 unspecified atom stereocenters. The Morgan fingerprint density at radius 1 is 1.26 bits per heavy atom. The van der Waals surface area contributed by atoms with Crippen molar-refractivity contribution < 1.29 is 14.1 Å². The van der Waals surface area contributed by atoms with Crippen LogP contribution in [-0.4, -0.2) is 64.7 Å². The number of likely N-dealkylation sites (tertiary alicyclic amines) is 1. The molecule has 3 rings (SSSR count). The van der Waals surface area contributed by atoms with Gasteiger partial charge in [0.25, 0.3) is 0 Å². The molecular weight excluding hydrogens is 322 g/mol. The van der Waals surface area contributed by atoms with Crippen LogP contribution < -0.4 is 5.73 Å². The Balaban J connectivity index is 0.00000192. The lowest BCUT2D eigenvalue weighted by atomic mass is 10.0. The van der Waals surface area contributed by atoms with E-state index in [1.165, 1.54) is 0 Å². The van der Waals surface area contributed by atoms with Gasteiger partial charge in [0.1, 0.15) is 0 Å². The number of carbonyl (C=O) groups is 1. The summed E-state index contributed by atoms with van der Waals surface area (Å²) in [6.07, 6.45) is 3.06. The molecule has 0 bridgehead atoms. The number of nitrogens with two attached hydrogens (primary N) is 1. The fraction of sp³-hybridized carbons (Fsp3) is 0.786. The van der Waals surface area contributed by atoms with E-state index in [2.05, 4.69) is 15.0 Å². The van der Waals surface area contributed by atoms with E-state index in [9.17, 15) is 4.79 Å². The van der Waals surface area contributed by atoms with E-state index in [1.54, 1.807) is 0 Å². The lowest BCUT2D eigenvalue weighted by molar-refractivity contribution is -0.142. The number of carbonyl (C=O) groups excluding carboxylic acids is 1. The van der Waals surface area contributed by atoms with Gasteiger partial charge in [-0.05, 0) is 19.4 Å². The summed E-state index contributed by atoms with van der Waals surface area (Å²) in [5.41, 5.74) is 5.49. The van der Waals surface area contributed by atoms with Gasteiger partial charge < -0.3 is 19.9 Å². The SMILES string of the molecule is Cl.NCc1nc(CN2CCCCC2C(=O)N2CCOCC2)no1. The molecule has 1 aromatic rings. The molecule has 0 aliphatic carbocycles. The zero-order valence-electron chi connectivity index (χ0n) is 13.1. The summed E-state index contributed by atoms with van der Waals surface area (Å²) in [5.74, 6) is 1.23. The van der Waals surface area contributed by atoms with E-state index in [0.717, 1.165) is 25.8 Å². The van der Waals surface area contributed by atoms with Crippen LogP contribution in [-0.2, 0) is 22.6 Å². The third-order valence-corrected chi connectivity index (χ3v) is 4.25. The lowest BCUT2D eigenvalue weighted by Crippen LogP contribution is -2.53. The molecule has 23 heavy (non-hydrogen) atoms. The van der Waals surface area contributed by atoms with E-state index < -0.39 is 0 Å². The van der Waals surface area contributed by atoms with Gasteiger partial charge >= 0.3 is 0 Å². The van der Waals surface area contributed by atoms with Crippen LogP contribution in [0.3, 0.4) is 0 Å².